The van der Waals surface area contributed by atoms with Crippen LogP contribution in [0.5, 0.6) is 0 Å². The van der Waals surface area contributed by atoms with E-state index in [0.717, 1.165) is 11.1 Å². The Bertz CT molecular complexity index is 909. The molecule has 5 heteroatoms. The van der Waals surface area contributed by atoms with E-state index in [4.69, 9.17) is 10.5 Å². The van der Waals surface area contributed by atoms with Gasteiger partial charge in [0.2, 0.25) is 0 Å². The lowest BCUT2D eigenvalue weighted by Gasteiger charge is -2.25. The maximum atomic E-state index is 11.3. The highest BCUT2D eigenvalue weighted by Crippen LogP contribution is 2.24. The van der Waals surface area contributed by atoms with Crippen molar-refractivity contribution in [3.8, 4) is 0 Å². The number of benzene rings is 3. The summed E-state index contributed by atoms with van der Waals surface area (Å²) in [4.78, 5) is 11.3. The third-order valence-electron chi connectivity index (χ3n) is 4.90. The number of nitrogens with one attached hydrogen (secondary N) is 1. The molecule has 0 aliphatic heterocycles. The summed E-state index contributed by atoms with van der Waals surface area (Å²) in [7, 11) is 0. The fourth-order valence-corrected chi connectivity index (χ4v) is 3.42. The molecule has 3 aromatic carbocycles. The summed E-state index contributed by atoms with van der Waals surface area (Å²) in [5.41, 5.74) is 7.32. The van der Waals surface area contributed by atoms with Gasteiger partial charge in [-0.3, -0.25) is 0 Å². The summed E-state index contributed by atoms with van der Waals surface area (Å²) in [6.45, 7) is 2.32. The van der Waals surface area contributed by atoms with Gasteiger partial charge in [-0.2, -0.15) is 0 Å². The fraction of sp³-hybridized carbons (Fsp3) is 0.261. The van der Waals surface area contributed by atoms with Gasteiger partial charge in [0.15, 0.2) is 0 Å². The Labute approximate surface area is 165 Å². The lowest BCUT2D eigenvalue weighted by atomic mass is 9.99. The van der Waals surface area contributed by atoms with Crippen LogP contribution in [0.2, 0.25) is 0 Å². The van der Waals surface area contributed by atoms with Crippen molar-refractivity contribution in [1.29, 1.82) is 0 Å². The number of rotatable bonds is 8. The molecule has 0 aliphatic rings. The second-order valence-corrected chi connectivity index (χ2v) is 6.93. The van der Waals surface area contributed by atoms with Crippen molar-refractivity contribution < 1.29 is 14.6 Å². The Morgan fingerprint density at radius 1 is 1.04 bits per heavy atom. The zero-order chi connectivity index (χ0) is 19.9. The van der Waals surface area contributed by atoms with E-state index in [1.165, 1.54) is 10.8 Å². The molecule has 3 aromatic rings. The first-order valence-corrected chi connectivity index (χ1v) is 9.43. The van der Waals surface area contributed by atoms with Gasteiger partial charge in [-0.25, -0.2) is 4.79 Å². The van der Waals surface area contributed by atoms with Gasteiger partial charge >= 0.3 is 6.09 Å². The van der Waals surface area contributed by atoms with Crippen LogP contribution >= 0.6 is 0 Å². The number of hydrogen-bond acceptors (Lipinski definition) is 4. The number of aliphatic hydroxyl groups excluding tert-OH is 1. The van der Waals surface area contributed by atoms with Crippen LogP contribution in [0, 0.1) is 0 Å². The SMILES string of the molecule is C[C@H](NCC(O)C(Cc1ccccc1)OC(N)=O)c1cccc2ccccc12. The second-order valence-electron chi connectivity index (χ2n) is 6.93. The first kappa shape index (κ1) is 19.9. The van der Waals surface area contributed by atoms with Crippen LogP contribution in [-0.2, 0) is 11.2 Å². The molecule has 5 nitrogen and oxygen atoms in total. The maximum Gasteiger partial charge on any atom is 0.404 e. The van der Waals surface area contributed by atoms with Crippen molar-refractivity contribution in [2.75, 3.05) is 6.54 Å². The smallest absolute Gasteiger partial charge is 0.404 e. The van der Waals surface area contributed by atoms with Gasteiger partial charge in [0.1, 0.15) is 12.2 Å². The molecule has 3 rings (SSSR count). The Hall–Kier alpha value is -2.89. The summed E-state index contributed by atoms with van der Waals surface area (Å²) >= 11 is 0. The van der Waals surface area contributed by atoms with E-state index in [9.17, 15) is 9.90 Å². The van der Waals surface area contributed by atoms with Crippen LogP contribution in [0.4, 0.5) is 4.79 Å². The summed E-state index contributed by atoms with van der Waals surface area (Å²) in [6.07, 6.45) is -2.09. The molecule has 0 radical (unpaired) electrons. The number of carbonyl (C=O) groups excluding carboxylic acids is 1. The Balaban J connectivity index is 1.67. The van der Waals surface area contributed by atoms with E-state index in [2.05, 4.69) is 36.5 Å². The van der Waals surface area contributed by atoms with Crippen LogP contribution in [0.1, 0.15) is 24.1 Å². The van der Waals surface area contributed by atoms with Crippen molar-refractivity contribution >= 4 is 16.9 Å². The van der Waals surface area contributed by atoms with E-state index in [1.54, 1.807) is 0 Å². The quantitative estimate of drug-likeness (QED) is 0.560. The molecule has 3 atom stereocenters. The topological polar surface area (TPSA) is 84.6 Å². The number of hydrogen-bond donors (Lipinski definition) is 3. The number of carbonyl (C=O) groups is 1. The monoisotopic (exact) mass is 378 g/mol. The maximum absolute atomic E-state index is 11.3. The molecule has 0 aromatic heterocycles. The molecule has 1 amide bonds. The van der Waals surface area contributed by atoms with Crippen LogP contribution in [0.15, 0.2) is 72.8 Å². The molecular weight excluding hydrogens is 352 g/mol. The zero-order valence-electron chi connectivity index (χ0n) is 15.9. The van der Waals surface area contributed by atoms with Crippen LogP contribution < -0.4 is 11.1 Å². The highest BCUT2D eigenvalue weighted by atomic mass is 16.6. The van der Waals surface area contributed by atoms with E-state index in [-0.39, 0.29) is 12.6 Å². The van der Waals surface area contributed by atoms with Crippen molar-refractivity contribution in [3.63, 3.8) is 0 Å². The van der Waals surface area contributed by atoms with Gasteiger partial charge in [-0.15, -0.1) is 0 Å². The molecule has 0 spiro atoms. The third-order valence-corrected chi connectivity index (χ3v) is 4.90. The normalized spacial score (nSPS) is 14.4. The Kier molecular flexibility index (Phi) is 6.63. The number of aliphatic hydroxyl groups is 1. The van der Waals surface area contributed by atoms with Crippen LogP contribution in [0.3, 0.4) is 0 Å². The summed E-state index contributed by atoms with van der Waals surface area (Å²) < 4.78 is 5.17. The first-order chi connectivity index (χ1) is 13.5. The molecule has 4 N–H and O–H groups in total. The Morgan fingerprint density at radius 2 is 1.71 bits per heavy atom. The van der Waals surface area contributed by atoms with Crippen molar-refractivity contribution in [2.45, 2.75) is 31.6 Å². The van der Waals surface area contributed by atoms with E-state index < -0.39 is 18.3 Å². The number of amides is 1. The molecule has 28 heavy (non-hydrogen) atoms. The third kappa shape index (κ3) is 5.09. The fourth-order valence-electron chi connectivity index (χ4n) is 3.42. The standard InChI is InChI=1S/C23H26N2O3/c1-16(19-13-7-11-18-10-5-6-12-20(18)19)25-15-21(26)22(28-23(24)27)14-17-8-3-2-4-9-17/h2-13,16,21-22,25-26H,14-15H2,1H3,(H2,24,27)/t16-,21?,22?/m0/s1. The van der Waals surface area contributed by atoms with Gasteiger partial charge in [0.25, 0.3) is 0 Å². The lowest BCUT2D eigenvalue weighted by molar-refractivity contribution is 0.00642. The molecule has 146 valence electrons. The Morgan fingerprint density at radius 3 is 2.46 bits per heavy atom. The highest BCUT2D eigenvalue weighted by molar-refractivity contribution is 5.86. The van der Waals surface area contributed by atoms with Crippen LogP contribution in [-0.4, -0.2) is 30.0 Å². The van der Waals surface area contributed by atoms with E-state index >= 15 is 0 Å². The number of ether oxygens (including phenoxy) is 1. The molecular formula is C23H26N2O3. The predicted molar refractivity (Wildman–Crippen MR) is 111 cm³/mol. The zero-order valence-corrected chi connectivity index (χ0v) is 15.9. The molecule has 2 unspecified atom stereocenters. The first-order valence-electron chi connectivity index (χ1n) is 9.43. The number of fused-ring (bicyclic) bond motifs is 1. The second kappa shape index (κ2) is 9.35. The van der Waals surface area contributed by atoms with E-state index in [0.29, 0.717) is 6.42 Å². The minimum atomic E-state index is -0.887. The molecule has 0 saturated carbocycles. The van der Waals surface area contributed by atoms with Gasteiger partial charge in [-0.05, 0) is 28.8 Å². The number of primary amides is 1. The molecule has 0 aliphatic carbocycles. The van der Waals surface area contributed by atoms with Crippen molar-refractivity contribution in [3.05, 3.63) is 83.9 Å². The van der Waals surface area contributed by atoms with E-state index in [1.807, 2.05) is 48.5 Å². The molecule has 0 fully saturated rings. The highest BCUT2D eigenvalue weighted by Gasteiger charge is 2.24. The summed E-state index contributed by atoms with van der Waals surface area (Å²) in [6, 6.07) is 24.0. The average Bonchev–Trinajstić information content (AvgIpc) is 2.71. The van der Waals surface area contributed by atoms with Crippen molar-refractivity contribution in [2.24, 2.45) is 5.73 Å². The molecule has 0 heterocycles. The minimum Gasteiger partial charge on any atom is -0.443 e. The largest absolute Gasteiger partial charge is 0.443 e. The molecule has 0 bridgehead atoms. The average molecular weight is 378 g/mol. The molecule has 0 saturated heterocycles. The van der Waals surface area contributed by atoms with Gasteiger partial charge < -0.3 is 20.9 Å². The van der Waals surface area contributed by atoms with Gasteiger partial charge in [0.05, 0.1) is 0 Å². The number of nitrogens with two attached hydrogens (primary N) is 1. The summed E-state index contributed by atoms with van der Waals surface area (Å²) in [5.74, 6) is 0. The van der Waals surface area contributed by atoms with Crippen molar-refractivity contribution in [1.82, 2.24) is 5.32 Å². The van der Waals surface area contributed by atoms with Crippen LogP contribution in [0.25, 0.3) is 10.8 Å². The summed E-state index contributed by atoms with van der Waals surface area (Å²) in [5, 5.41) is 16.3. The predicted octanol–water partition coefficient (Wildman–Crippen LogP) is 3.56. The van der Waals surface area contributed by atoms with Gasteiger partial charge in [0, 0.05) is 19.0 Å². The minimum absolute atomic E-state index is 0.0201. The lowest BCUT2D eigenvalue weighted by Crippen LogP contribution is -2.42. The van der Waals surface area contributed by atoms with Gasteiger partial charge in [-0.1, -0.05) is 72.8 Å².